The van der Waals surface area contributed by atoms with E-state index in [4.69, 9.17) is 0 Å². The second kappa shape index (κ2) is 10.9. The number of hydrogen-bond donors (Lipinski definition) is 3. The van der Waals surface area contributed by atoms with Gasteiger partial charge in [-0.25, -0.2) is 9.78 Å². The Morgan fingerprint density at radius 2 is 1.87 bits per heavy atom. The zero-order valence-electron chi connectivity index (χ0n) is 17.9. The average molecular weight is 412 g/mol. The molecule has 0 unspecified atom stereocenters. The summed E-state index contributed by atoms with van der Waals surface area (Å²) < 4.78 is 0. The number of carbonyl (C=O) groups is 1. The van der Waals surface area contributed by atoms with Crippen LogP contribution in [0, 0.1) is 5.92 Å². The number of hydrogen-bond acceptors (Lipinski definition) is 5. The van der Waals surface area contributed by atoms with Gasteiger partial charge in [0.1, 0.15) is 5.82 Å². The molecule has 1 aliphatic rings. The van der Waals surface area contributed by atoms with Crippen LogP contribution in [-0.2, 0) is 0 Å². The summed E-state index contributed by atoms with van der Waals surface area (Å²) in [4.78, 5) is 21.2. The number of aromatic nitrogens is 1. The fourth-order valence-electron chi connectivity index (χ4n) is 3.84. The van der Waals surface area contributed by atoms with Crippen LogP contribution in [0.5, 0.6) is 0 Å². The molecule has 2 amide bonds. The molecule has 2 aromatic rings. The number of amides is 2. The maximum atomic E-state index is 12.4. The number of aliphatic hydroxyl groups excluding tert-OH is 1. The fraction of sp³-hybridized carbons (Fsp3) is 0.478. The van der Waals surface area contributed by atoms with Crippen molar-refractivity contribution in [3.8, 4) is 0 Å². The maximum absolute atomic E-state index is 12.4. The number of anilines is 2. The summed E-state index contributed by atoms with van der Waals surface area (Å²) >= 11 is 0. The third-order valence-electron chi connectivity index (χ3n) is 5.40. The van der Waals surface area contributed by atoms with Crippen molar-refractivity contribution < 1.29 is 9.90 Å². The monoisotopic (exact) mass is 411 g/mol. The first-order valence-electron chi connectivity index (χ1n) is 10.7. The smallest absolute Gasteiger partial charge is 0.319 e. The molecule has 0 saturated carbocycles. The number of aliphatic hydroxyl groups is 1. The number of pyridine rings is 1. The number of piperidine rings is 1. The predicted molar refractivity (Wildman–Crippen MR) is 121 cm³/mol. The summed E-state index contributed by atoms with van der Waals surface area (Å²) in [6.45, 7) is 3.09. The first kappa shape index (κ1) is 22.1. The van der Waals surface area contributed by atoms with Crippen molar-refractivity contribution >= 4 is 17.5 Å². The van der Waals surface area contributed by atoms with Gasteiger partial charge in [0.2, 0.25) is 0 Å². The van der Waals surface area contributed by atoms with Gasteiger partial charge in [0, 0.05) is 32.1 Å². The van der Waals surface area contributed by atoms with Crippen LogP contribution < -0.4 is 15.5 Å². The molecule has 7 heteroatoms. The largest absolute Gasteiger partial charge is 0.388 e. The molecule has 1 aliphatic heterocycles. The van der Waals surface area contributed by atoms with Gasteiger partial charge < -0.3 is 25.5 Å². The van der Waals surface area contributed by atoms with Crippen LogP contribution in [0.4, 0.5) is 16.3 Å². The minimum Gasteiger partial charge on any atom is -0.388 e. The van der Waals surface area contributed by atoms with Gasteiger partial charge in [-0.15, -0.1) is 0 Å². The quantitative estimate of drug-likeness (QED) is 0.622. The van der Waals surface area contributed by atoms with Crippen molar-refractivity contribution in [1.82, 2.24) is 15.2 Å². The van der Waals surface area contributed by atoms with Crippen LogP contribution in [0.2, 0.25) is 0 Å². The number of benzene rings is 1. The summed E-state index contributed by atoms with van der Waals surface area (Å²) in [6, 6.07) is 13.1. The van der Waals surface area contributed by atoms with Crippen molar-refractivity contribution in [1.29, 1.82) is 0 Å². The Bertz CT molecular complexity index is 776. The molecule has 0 radical (unpaired) electrons. The van der Waals surface area contributed by atoms with E-state index in [1.807, 2.05) is 61.5 Å². The lowest BCUT2D eigenvalue weighted by atomic mass is 9.95. The van der Waals surface area contributed by atoms with Crippen LogP contribution >= 0.6 is 0 Å². The third kappa shape index (κ3) is 6.43. The molecule has 2 atom stereocenters. The molecule has 3 rings (SSSR count). The molecular weight excluding hydrogens is 378 g/mol. The summed E-state index contributed by atoms with van der Waals surface area (Å²) in [5.41, 5.74) is 1.50. The van der Waals surface area contributed by atoms with E-state index in [1.165, 1.54) is 19.3 Å². The van der Waals surface area contributed by atoms with E-state index in [-0.39, 0.29) is 11.9 Å². The first-order chi connectivity index (χ1) is 14.5. The van der Waals surface area contributed by atoms with Gasteiger partial charge in [-0.3, -0.25) is 0 Å². The minimum absolute atomic E-state index is 0.132. The highest BCUT2D eigenvalue weighted by Crippen LogP contribution is 2.22. The van der Waals surface area contributed by atoms with Gasteiger partial charge >= 0.3 is 6.03 Å². The summed E-state index contributed by atoms with van der Waals surface area (Å²) in [5, 5.41) is 16.5. The molecule has 1 fully saturated rings. The van der Waals surface area contributed by atoms with Gasteiger partial charge in [0.15, 0.2) is 0 Å². The van der Waals surface area contributed by atoms with E-state index in [9.17, 15) is 9.90 Å². The van der Waals surface area contributed by atoms with Crippen LogP contribution in [0.3, 0.4) is 0 Å². The zero-order valence-corrected chi connectivity index (χ0v) is 17.9. The molecule has 0 bridgehead atoms. The van der Waals surface area contributed by atoms with E-state index < -0.39 is 6.10 Å². The lowest BCUT2D eigenvalue weighted by Gasteiger charge is -2.27. The van der Waals surface area contributed by atoms with Crippen LogP contribution in [0.1, 0.15) is 30.9 Å². The van der Waals surface area contributed by atoms with Crippen molar-refractivity contribution in [2.24, 2.45) is 5.92 Å². The second-order valence-electron chi connectivity index (χ2n) is 8.17. The maximum Gasteiger partial charge on any atom is 0.319 e. The molecule has 0 spiro atoms. The first-order valence-corrected chi connectivity index (χ1v) is 10.7. The van der Waals surface area contributed by atoms with E-state index in [0.29, 0.717) is 18.8 Å². The van der Waals surface area contributed by atoms with Gasteiger partial charge in [0.25, 0.3) is 0 Å². The minimum atomic E-state index is -0.653. The molecule has 7 nitrogen and oxygen atoms in total. The Hall–Kier alpha value is -2.64. The molecule has 2 heterocycles. The number of nitrogens with one attached hydrogen (secondary N) is 2. The van der Waals surface area contributed by atoms with Gasteiger partial charge in [-0.1, -0.05) is 30.3 Å². The fourth-order valence-corrected chi connectivity index (χ4v) is 3.84. The summed E-state index contributed by atoms with van der Waals surface area (Å²) in [6.07, 6.45) is 4.73. The van der Waals surface area contributed by atoms with E-state index in [0.717, 1.165) is 24.5 Å². The lowest BCUT2D eigenvalue weighted by Crippen LogP contribution is -2.39. The van der Waals surface area contributed by atoms with Crippen molar-refractivity contribution in [3.63, 3.8) is 0 Å². The zero-order chi connectivity index (χ0) is 21.3. The van der Waals surface area contributed by atoms with Crippen LogP contribution in [0.25, 0.3) is 0 Å². The topological polar surface area (TPSA) is 80.7 Å². The molecule has 1 saturated heterocycles. The number of urea groups is 1. The lowest BCUT2D eigenvalue weighted by molar-refractivity contribution is 0.0911. The SMILES string of the molecule is CN(C)C[C@@H](CNC(=O)Nc1ccc(N2CCCCC2)nc1)[C@@H](O)c1ccccc1. The molecule has 30 heavy (non-hydrogen) atoms. The van der Waals surface area contributed by atoms with E-state index in [2.05, 4.69) is 20.5 Å². The van der Waals surface area contributed by atoms with E-state index >= 15 is 0 Å². The standard InChI is InChI=1S/C23H33N5O2/c1-27(2)17-19(22(29)18-9-5-3-6-10-18)15-25-23(30)26-20-11-12-21(24-16-20)28-13-7-4-8-14-28/h3,5-6,9-12,16,19,22,29H,4,7-8,13-15,17H2,1-2H3,(H2,25,26,30)/t19-,22+/m1/s1. The Balaban J connectivity index is 1.53. The van der Waals surface area contributed by atoms with Crippen molar-refractivity contribution in [2.75, 3.05) is 50.5 Å². The number of carbonyl (C=O) groups excluding carboxylic acids is 1. The normalized spacial score (nSPS) is 16.2. The summed E-state index contributed by atoms with van der Waals surface area (Å²) in [7, 11) is 3.92. The Morgan fingerprint density at radius 3 is 2.50 bits per heavy atom. The van der Waals surface area contributed by atoms with Crippen molar-refractivity contribution in [2.45, 2.75) is 25.4 Å². The van der Waals surface area contributed by atoms with Gasteiger partial charge in [-0.2, -0.15) is 0 Å². The Labute approximate surface area is 179 Å². The number of nitrogens with zero attached hydrogens (tertiary/aromatic N) is 3. The highest BCUT2D eigenvalue weighted by Gasteiger charge is 2.22. The predicted octanol–water partition coefficient (Wildman–Crippen LogP) is 3.10. The average Bonchev–Trinajstić information content (AvgIpc) is 2.77. The second-order valence-corrected chi connectivity index (χ2v) is 8.17. The molecular formula is C23H33N5O2. The third-order valence-corrected chi connectivity index (χ3v) is 5.40. The highest BCUT2D eigenvalue weighted by molar-refractivity contribution is 5.89. The molecule has 0 aliphatic carbocycles. The van der Waals surface area contributed by atoms with Gasteiger partial charge in [0.05, 0.1) is 18.0 Å². The molecule has 1 aromatic heterocycles. The summed E-state index contributed by atoms with van der Waals surface area (Å²) in [5.74, 6) is 0.824. The molecule has 1 aromatic carbocycles. The number of rotatable bonds is 8. The van der Waals surface area contributed by atoms with Gasteiger partial charge in [-0.05, 0) is 51.1 Å². The van der Waals surface area contributed by atoms with E-state index in [1.54, 1.807) is 6.20 Å². The Kier molecular flexibility index (Phi) is 8.04. The Morgan fingerprint density at radius 1 is 1.13 bits per heavy atom. The van der Waals surface area contributed by atoms with Crippen molar-refractivity contribution in [3.05, 3.63) is 54.2 Å². The molecule has 162 valence electrons. The van der Waals surface area contributed by atoms with Crippen LogP contribution in [-0.4, -0.2) is 61.3 Å². The highest BCUT2D eigenvalue weighted by atomic mass is 16.3. The van der Waals surface area contributed by atoms with Crippen LogP contribution in [0.15, 0.2) is 48.7 Å². The molecule has 3 N–H and O–H groups in total.